The molecule has 0 unspecified atom stereocenters. The van der Waals surface area contributed by atoms with Crippen molar-refractivity contribution in [2.45, 2.75) is 26.3 Å². The van der Waals surface area contributed by atoms with E-state index in [9.17, 15) is 0 Å². The largest absolute Gasteiger partial charge is 0.472 e. The minimum atomic E-state index is 0.876. The van der Waals surface area contributed by atoms with Crippen molar-refractivity contribution in [2.75, 3.05) is 13.1 Å². The van der Waals surface area contributed by atoms with Gasteiger partial charge in [0, 0.05) is 18.3 Å². The van der Waals surface area contributed by atoms with Crippen LogP contribution in [0, 0.1) is 5.92 Å². The molecule has 0 aromatic carbocycles. The van der Waals surface area contributed by atoms with Crippen molar-refractivity contribution in [2.24, 2.45) is 5.92 Å². The van der Waals surface area contributed by atoms with Gasteiger partial charge in [-0.2, -0.15) is 0 Å². The van der Waals surface area contributed by atoms with Crippen molar-refractivity contribution in [1.82, 2.24) is 9.88 Å². The van der Waals surface area contributed by atoms with Crippen LogP contribution in [0.15, 0.2) is 41.3 Å². The molecule has 0 bridgehead atoms. The first-order valence-corrected chi connectivity index (χ1v) is 7.01. The number of hydrogen-bond acceptors (Lipinski definition) is 3. The lowest BCUT2D eigenvalue weighted by atomic mass is 9.99. The third-order valence-corrected chi connectivity index (χ3v) is 3.93. The van der Waals surface area contributed by atoms with Crippen LogP contribution in [0.1, 0.15) is 25.5 Å². The van der Waals surface area contributed by atoms with E-state index in [4.69, 9.17) is 4.42 Å². The average Bonchev–Trinajstić information content (AvgIpc) is 2.96. The van der Waals surface area contributed by atoms with E-state index in [1.54, 1.807) is 12.5 Å². The predicted octanol–water partition coefficient (Wildman–Crippen LogP) is 3.57. The van der Waals surface area contributed by atoms with E-state index in [2.05, 4.69) is 22.9 Å². The number of piperidine rings is 1. The summed E-state index contributed by atoms with van der Waals surface area (Å²) in [6, 6.07) is 6.19. The molecule has 0 amide bonds. The fraction of sp³-hybridized carbons (Fsp3) is 0.438. The van der Waals surface area contributed by atoms with Crippen LogP contribution < -0.4 is 0 Å². The second-order valence-corrected chi connectivity index (χ2v) is 5.51. The summed E-state index contributed by atoms with van der Waals surface area (Å²) in [7, 11) is 0. The fourth-order valence-corrected chi connectivity index (χ4v) is 2.62. The second-order valence-electron chi connectivity index (χ2n) is 5.51. The molecule has 0 saturated carbocycles. The molecule has 0 atom stereocenters. The van der Waals surface area contributed by atoms with Gasteiger partial charge in [0.2, 0.25) is 0 Å². The topological polar surface area (TPSA) is 29.3 Å². The Kier molecular flexibility index (Phi) is 3.65. The van der Waals surface area contributed by atoms with Gasteiger partial charge in [-0.1, -0.05) is 6.92 Å². The molecule has 100 valence electrons. The normalized spacial score (nSPS) is 17.7. The van der Waals surface area contributed by atoms with Gasteiger partial charge >= 0.3 is 0 Å². The molecule has 0 radical (unpaired) electrons. The number of aromatic nitrogens is 1. The van der Waals surface area contributed by atoms with Crippen LogP contribution in [0.4, 0.5) is 0 Å². The van der Waals surface area contributed by atoms with Crippen LogP contribution in [-0.2, 0) is 6.54 Å². The molecule has 1 saturated heterocycles. The number of nitrogens with zero attached hydrogens (tertiary/aromatic N) is 2. The highest BCUT2D eigenvalue weighted by molar-refractivity contribution is 5.61. The summed E-state index contributed by atoms with van der Waals surface area (Å²) in [6.45, 7) is 5.69. The van der Waals surface area contributed by atoms with Crippen molar-refractivity contribution >= 4 is 0 Å². The summed E-state index contributed by atoms with van der Waals surface area (Å²) in [5.74, 6) is 0.876. The Morgan fingerprint density at radius 1 is 1.26 bits per heavy atom. The second kappa shape index (κ2) is 5.57. The van der Waals surface area contributed by atoms with Gasteiger partial charge < -0.3 is 4.42 Å². The third-order valence-electron chi connectivity index (χ3n) is 3.93. The molecule has 3 heteroatoms. The van der Waals surface area contributed by atoms with Crippen LogP contribution in [0.25, 0.3) is 11.1 Å². The van der Waals surface area contributed by atoms with Crippen molar-refractivity contribution in [3.05, 3.63) is 42.6 Å². The fourth-order valence-electron chi connectivity index (χ4n) is 2.62. The predicted molar refractivity (Wildman–Crippen MR) is 75.6 cm³/mol. The summed E-state index contributed by atoms with van der Waals surface area (Å²) in [5.41, 5.74) is 3.45. The zero-order valence-corrected chi connectivity index (χ0v) is 11.4. The van der Waals surface area contributed by atoms with Crippen molar-refractivity contribution in [3.63, 3.8) is 0 Å². The van der Waals surface area contributed by atoms with Gasteiger partial charge in [0.15, 0.2) is 0 Å². The van der Waals surface area contributed by atoms with Crippen LogP contribution in [0.3, 0.4) is 0 Å². The first kappa shape index (κ1) is 12.4. The van der Waals surface area contributed by atoms with E-state index in [1.807, 2.05) is 18.3 Å². The molecule has 3 nitrogen and oxygen atoms in total. The van der Waals surface area contributed by atoms with Crippen molar-refractivity contribution < 1.29 is 4.42 Å². The quantitative estimate of drug-likeness (QED) is 0.840. The summed E-state index contributed by atoms with van der Waals surface area (Å²) in [6.07, 6.45) is 8.00. The number of furan rings is 1. The van der Waals surface area contributed by atoms with Gasteiger partial charge in [-0.15, -0.1) is 0 Å². The van der Waals surface area contributed by atoms with Gasteiger partial charge in [-0.05, 0) is 55.6 Å². The molecule has 1 aliphatic heterocycles. The summed E-state index contributed by atoms with van der Waals surface area (Å²) < 4.78 is 5.14. The minimum Gasteiger partial charge on any atom is -0.472 e. The molecule has 3 heterocycles. The summed E-state index contributed by atoms with van der Waals surface area (Å²) >= 11 is 0. The summed E-state index contributed by atoms with van der Waals surface area (Å²) in [5, 5.41) is 0. The number of likely N-dealkylation sites (tertiary alicyclic amines) is 1. The standard InChI is InChI=1S/C16H20N2O/c1-13-3-7-18(8-4-13)11-16-10-14(2-6-17-16)15-5-9-19-12-15/h2,5-6,9-10,12-13H,3-4,7-8,11H2,1H3. The molecule has 0 spiro atoms. The zero-order chi connectivity index (χ0) is 13.1. The smallest absolute Gasteiger partial charge is 0.0980 e. The highest BCUT2D eigenvalue weighted by atomic mass is 16.3. The third kappa shape index (κ3) is 3.04. The Balaban J connectivity index is 1.70. The first-order valence-electron chi connectivity index (χ1n) is 7.01. The van der Waals surface area contributed by atoms with Gasteiger partial charge in [0.25, 0.3) is 0 Å². The molecular formula is C16H20N2O. The van der Waals surface area contributed by atoms with E-state index >= 15 is 0 Å². The SMILES string of the molecule is CC1CCN(Cc2cc(-c3ccoc3)ccn2)CC1. The van der Waals surface area contributed by atoms with Crippen molar-refractivity contribution in [1.29, 1.82) is 0 Å². The maximum Gasteiger partial charge on any atom is 0.0980 e. The number of pyridine rings is 1. The molecule has 0 aliphatic carbocycles. The van der Waals surface area contributed by atoms with E-state index in [0.29, 0.717) is 0 Å². The van der Waals surface area contributed by atoms with Crippen LogP contribution in [0.5, 0.6) is 0 Å². The highest BCUT2D eigenvalue weighted by Crippen LogP contribution is 2.22. The van der Waals surface area contributed by atoms with Gasteiger partial charge in [-0.3, -0.25) is 9.88 Å². The average molecular weight is 256 g/mol. The Morgan fingerprint density at radius 2 is 2.11 bits per heavy atom. The van der Waals surface area contributed by atoms with E-state index in [-0.39, 0.29) is 0 Å². The van der Waals surface area contributed by atoms with E-state index < -0.39 is 0 Å². The lowest BCUT2D eigenvalue weighted by Gasteiger charge is -2.29. The van der Waals surface area contributed by atoms with Crippen LogP contribution >= 0.6 is 0 Å². The molecular weight excluding hydrogens is 236 g/mol. The monoisotopic (exact) mass is 256 g/mol. The van der Waals surface area contributed by atoms with Crippen LogP contribution in [-0.4, -0.2) is 23.0 Å². The lowest BCUT2D eigenvalue weighted by molar-refractivity contribution is 0.183. The minimum absolute atomic E-state index is 0.876. The highest BCUT2D eigenvalue weighted by Gasteiger charge is 2.16. The van der Waals surface area contributed by atoms with Gasteiger partial charge in [0.1, 0.15) is 0 Å². The Morgan fingerprint density at radius 3 is 2.84 bits per heavy atom. The molecule has 19 heavy (non-hydrogen) atoms. The van der Waals surface area contributed by atoms with E-state index in [0.717, 1.165) is 23.7 Å². The van der Waals surface area contributed by atoms with Crippen molar-refractivity contribution in [3.8, 4) is 11.1 Å². The zero-order valence-electron chi connectivity index (χ0n) is 11.4. The first-order chi connectivity index (χ1) is 9.31. The molecule has 2 aromatic heterocycles. The summed E-state index contributed by atoms with van der Waals surface area (Å²) in [4.78, 5) is 6.99. The molecule has 2 aromatic rings. The van der Waals surface area contributed by atoms with E-state index in [1.165, 1.54) is 31.5 Å². The molecule has 3 rings (SSSR count). The number of rotatable bonds is 3. The maximum absolute atomic E-state index is 5.14. The Labute approximate surface area is 114 Å². The van der Waals surface area contributed by atoms with Crippen LogP contribution in [0.2, 0.25) is 0 Å². The lowest BCUT2D eigenvalue weighted by Crippen LogP contribution is -2.32. The maximum atomic E-state index is 5.14. The Bertz CT molecular complexity index is 513. The van der Waals surface area contributed by atoms with Gasteiger partial charge in [0.05, 0.1) is 18.2 Å². The molecule has 0 N–H and O–H groups in total. The molecule has 1 aliphatic rings. The number of hydrogen-bond donors (Lipinski definition) is 0. The Hall–Kier alpha value is -1.61. The molecule has 1 fully saturated rings. The van der Waals surface area contributed by atoms with Gasteiger partial charge in [-0.25, -0.2) is 0 Å².